The molecular formula is C21H16ClF4N3O2. The number of alkyl halides is 3. The van der Waals surface area contributed by atoms with Crippen molar-refractivity contribution in [3.05, 3.63) is 83.6 Å². The lowest BCUT2D eigenvalue weighted by Crippen LogP contribution is -2.14. The molecule has 0 aliphatic rings. The Kier molecular flexibility index (Phi) is 6.77. The van der Waals surface area contributed by atoms with Gasteiger partial charge in [-0.25, -0.2) is 9.07 Å². The molecule has 1 aromatic carbocycles. The van der Waals surface area contributed by atoms with E-state index in [1.165, 1.54) is 31.4 Å². The number of methoxy groups -OCH3 is 1. The van der Waals surface area contributed by atoms with Crippen LogP contribution in [0.15, 0.2) is 71.1 Å². The van der Waals surface area contributed by atoms with E-state index in [0.29, 0.717) is 0 Å². The number of hydrogen-bond acceptors (Lipinski definition) is 4. The summed E-state index contributed by atoms with van der Waals surface area (Å²) < 4.78 is 66.8. The molecule has 0 saturated carbocycles. The summed E-state index contributed by atoms with van der Waals surface area (Å²) in [5.74, 6) is -0.256. The molecule has 3 aromatic rings. The van der Waals surface area contributed by atoms with Crippen LogP contribution >= 0.6 is 11.6 Å². The van der Waals surface area contributed by atoms with E-state index in [9.17, 15) is 17.6 Å². The third-order valence-corrected chi connectivity index (χ3v) is 4.58. The highest BCUT2D eigenvalue weighted by molar-refractivity contribution is 6.37. The third-order valence-electron chi connectivity index (χ3n) is 4.25. The summed E-state index contributed by atoms with van der Waals surface area (Å²) >= 11 is 6.06. The molecule has 31 heavy (non-hydrogen) atoms. The molecule has 2 heterocycles. The monoisotopic (exact) mass is 453 g/mol. The summed E-state index contributed by atoms with van der Waals surface area (Å²) in [4.78, 5) is 0. The van der Waals surface area contributed by atoms with Gasteiger partial charge in [0.15, 0.2) is 11.5 Å². The van der Waals surface area contributed by atoms with Crippen LogP contribution in [0.2, 0.25) is 0 Å². The van der Waals surface area contributed by atoms with Crippen LogP contribution in [0.3, 0.4) is 0 Å². The molecule has 0 amide bonds. The molecule has 0 aliphatic heterocycles. The molecule has 162 valence electrons. The Hall–Kier alpha value is -3.17. The first kappa shape index (κ1) is 22.5. The molecule has 2 aromatic heterocycles. The first-order valence-electron chi connectivity index (χ1n) is 8.81. The van der Waals surface area contributed by atoms with Crippen LogP contribution in [-0.4, -0.2) is 22.0 Å². The lowest BCUT2D eigenvalue weighted by molar-refractivity contribution is -0.142. The van der Waals surface area contributed by atoms with Gasteiger partial charge in [0.25, 0.3) is 0 Å². The Labute approximate surface area is 179 Å². The molecule has 5 nitrogen and oxygen atoms in total. The number of para-hydroxylation sites is 1. The average Bonchev–Trinajstić information content (AvgIpc) is 3.34. The summed E-state index contributed by atoms with van der Waals surface area (Å²) in [5, 5.41) is 7.60. The predicted molar refractivity (Wildman–Crippen MR) is 108 cm³/mol. The number of benzene rings is 1. The van der Waals surface area contributed by atoms with Gasteiger partial charge in [-0.05, 0) is 18.2 Å². The lowest BCUT2D eigenvalue weighted by Gasteiger charge is -2.12. The van der Waals surface area contributed by atoms with E-state index < -0.39 is 11.9 Å². The van der Waals surface area contributed by atoms with E-state index in [2.05, 4.69) is 16.8 Å². The molecule has 0 bridgehead atoms. The molecule has 0 aliphatic carbocycles. The normalized spacial score (nSPS) is 13.0. The standard InChI is InChI=1S/C21H16ClF4N3O2/c1-3-7-17(22)14(10-23)18-16(12-30-2)19(31-28-18)15-11-27-29(20(15)21(24,25)26)13-8-5-4-6-9-13/h3-11H,1,12H2,2H3/b14-10-,17-7+. The van der Waals surface area contributed by atoms with Crippen LogP contribution in [0.4, 0.5) is 17.6 Å². The maximum Gasteiger partial charge on any atom is 0.434 e. The van der Waals surface area contributed by atoms with Crippen LogP contribution in [0, 0.1) is 0 Å². The Morgan fingerprint density at radius 3 is 2.58 bits per heavy atom. The number of nitrogens with zero attached hydrogens (tertiary/aromatic N) is 3. The van der Waals surface area contributed by atoms with Gasteiger partial charge in [0.1, 0.15) is 5.69 Å². The Morgan fingerprint density at radius 2 is 2.00 bits per heavy atom. The largest absolute Gasteiger partial charge is 0.434 e. The number of ether oxygens (including phenoxy) is 1. The number of halogens is 5. The van der Waals surface area contributed by atoms with Gasteiger partial charge >= 0.3 is 6.18 Å². The highest BCUT2D eigenvalue weighted by Crippen LogP contribution is 2.42. The minimum absolute atomic E-state index is 0.0641. The van der Waals surface area contributed by atoms with Crippen molar-refractivity contribution in [2.75, 3.05) is 7.11 Å². The minimum Gasteiger partial charge on any atom is -0.380 e. The van der Waals surface area contributed by atoms with E-state index in [1.807, 2.05) is 0 Å². The zero-order valence-corrected chi connectivity index (χ0v) is 16.9. The molecule has 0 fully saturated rings. The van der Waals surface area contributed by atoms with Gasteiger partial charge in [0.05, 0.1) is 46.6 Å². The van der Waals surface area contributed by atoms with E-state index in [-0.39, 0.29) is 51.8 Å². The van der Waals surface area contributed by atoms with Crippen molar-refractivity contribution in [2.45, 2.75) is 12.8 Å². The van der Waals surface area contributed by atoms with Crippen molar-refractivity contribution in [3.63, 3.8) is 0 Å². The Balaban J connectivity index is 2.25. The SMILES string of the molecule is C=C/C=C(Cl)\C(=C\F)c1noc(-c2cnn(-c3ccccc3)c2C(F)(F)F)c1COC. The average molecular weight is 454 g/mol. The molecule has 0 saturated heterocycles. The fourth-order valence-electron chi connectivity index (χ4n) is 2.97. The third kappa shape index (κ3) is 4.47. The minimum atomic E-state index is -4.78. The predicted octanol–water partition coefficient (Wildman–Crippen LogP) is 6.31. The number of rotatable bonds is 7. The smallest absolute Gasteiger partial charge is 0.380 e. The number of hydrogen-bond donors (Lipinski definition) is 0. The summed E-state index contributed by atoms with van der Waals surface area (Å²) in [7, 11) is 1.33. The Morgan fingerprint density at radius 1 is 1.29 bits per heavy atom. The van der Waals surface area contributed by atoms with Crippen molar-refractivity contribution in [1.82, 2.24) is 14.9 Å². The fraction of sp³-hybridized carbons (Fsp3) is 0.143. The van der Waals surface area contributed by atoms with Gasteiger partial charge in [-0.15, -0.1) is 0 Å². The van der Waals surface area contributed by atoms with Crippen molar-refractivity contribution in [3.8, 4) is 17.0 Å². The van der Waals surface area contributed by atoms with E-state index in [0.717, 1.165) is 10.9 Å². The first-order chi connectivity index (χ1) is 14.8. The lowest BCUT2D eigenvalue weighted by atomic mass is 10.0. The second-order valence-corrected chi connectivity index (χ2v) is 6.60. The summed E-state index contributed by atoms with van der Waals surface area (Å²) in [6, 6.07) is 7.82. The fourth-order valence-corrected chi connectivity index (χ4v) is 3.19. The van der Waals surface area contributed by atoms with Crippen LogP contribution in [0.25, 0.3) is 22.6 Å². The number of aromatic nitrogens is 3. The zero-order chi connectivity index (χ0) is 22.6. The quantitative estimate of drug-likeness (QED) is 0.310. The van der Waals surface area contributed by atoms with Crippen LogP contribution in [0.5, 0.6) is 0 Å². The number of allylic oxidation sites excluding steroid dienone is 4. The molecule has 0 N–H and O–H groups in total. The highest BCUT2D eigenvalue weighted by Gasteiger charge is 2.41. The van der Waals surface area contributed by atoms with Gasteiger partial charge in [0.2, 0.25) is 0 Å². The maximum absolute atomic E-state index is 14.0. The van der Waals surface area contributed by atoms with Crippen molar-refractivity contribution in [1.29, 1.82) is 0 Å². The Bertz CT molecular complexity index is 1130. The van der Waals surface area contributed by atoms with Gasteiger partial charge in [-0.3, -0.25) is 0 Å². The van der Waals surface area contributed by atoms with Gasteiger partial charge in [-0.1, -0.05) is 47.6 Å². The first-order valence-corrected chi connectivity index (χ1v) is 9.19. The van der Waals surface area contributed by atoms with Gasteiger partial charge in [-0.2, -0.15) is 18.3 Å². The molecule has 0 radical (unpaired) electrons. The maximum atomic E-state index is 14.0. The molecular weight excluding hydrogens is 438 g/mol. The van der Waals surface area contributed by atoms with E-state index in [4.69, 9.17) is 20.9 Å². The topological polar surface area (TPSA) is 53.1 Å². The molecule has 0 spiro atoms. The summed E-state index contributed by atoms with van der Waals surface area (Å²) in [6.07, 6.45) is -0.945. The van der Waals surface area contributed by atoms with Crippen molar-refractivity contribution >= 4 is 17.2 Å². The van der Waals surface area contributed by atoms with Crippen molar-refractivity contribution in [2.24, 2.45) is 0 Å². The zero-order valence-electron chi connectivity index (χ0n) is 16.2. The van der Waals surface area contributed by atoms with E-state index >= 15 is 0 Å². The van der Waals surface area contributed by atoms with Crippen LogP contribution < -0.4 is 0 Å². The second kappa shape index (κ2) is 9.32. The highest BCUT2D eigenvalue weighted by atomic mass is 35.5. The van der Waals surface area contributed by atoms with Gasteiger partial charge < -0.3 is 9.26 Å². The van der Waals surface area contributed by atoms with Gasteiger partial charge in [0, 0.05) is 7.11 Å². The molecule has 0 unspecified atom stereocenters. The van der Waals surface area contributed by atoms with Crippen LogP contribution in [0.1, 0.15) is 17.0 Å². The van der Waals surface area contributed by atoms with Crippen LogP contribution in [-0.2, 0) is 17.5 Å². The molecule has 3 rings (SSSR count). The summed E-state index contributed by atoms with van der Waals surface area (Å²) in [5.41, 5.74) is -1.44. The van der Waals surface area contributed by atoms with Crippen molar-refractivity contribution < 1.29 is 26.8 Å². The summed E-state index contributed by atoms with van der Waals surface area (Å²) in [6.45, 7) is 3.27. The van der Waals surface area contributed by atoms with E-state index in [1.54, 1.807) is 18.2 Å². The molecule has 10 heteroatoms. The second-order valence-electron chi connectivity index (χ2n) is 6.20. The molecule has 0 atom stereocenters.